The number of nitrogens with zero attached hydrogens (tertiary/aromatic N) is 5. The maximum Gasteiger partial charge on any atom is 0.191 e. The summed E-state index contributed by atoms with van der Waals surface area (Å²) < 4.78 is 18.0. The van der Waals surface area contributed by atoms with Gasteiger partial charge in [0.1, 0.15) is 18.2 Å². The van der Waals surface area contributed by atoms with Crippen LogP contribution in [0.15, 0.2) is 27.8 Å². The van der Waals surface area contributed by atoms with Crippen molar-refractivity contribution < 1.29 is 13.9 Å². The van der Waals surface area contributed by atoms with Crippen LogP contribution >= 0.6 is 0 Å². The van der Waals surface area contributed by atoms with Crippen LogP contribution in [-0.4, -0.2) is 84.7 Å². The number of morpholine rings is 1. The summed E-state index contributed by atoms with van der Waals surface area (Å²) in [5, 5.41) is 11.7. The van der Waals surface area contributed by atoms with Crippen LogP contribution < -0.4 is 10.6 Å². The Morgan fingerprint density at radius 3 is 3.06 bits per heavy atom. The first-order valence-corrected chi connectivity index (χ1v) is 11.6. The largest absolute Gasteiger partial charge is 0.469 e. The quantitative estimate of drug-likeness (QED) is 0.315. The minimum Gasteiger partial charge on any atom is -0.469 e. The van der Waals surface area contributed by atoms with E-state index in [9.17, 15) is 0 Å². The van der Waals surface area contributed by atoms with Gasteiger partial charge in [0.25, 0.3) is 0 Å². The lowest BCUT2D eigenvalue weighted by Gasteiger charge is -2.26. The molecular weight excluding hydrogens is 410 g/mol. The lowest BCUT2D eigenvalue weighted by atomic mass is 10.1. The van der Waals surface area contributed by atoms with Gasteiger partial charge in [0.05, 0.1) is 26.0 Å². The van der Waals surface area contributed by atoms with E-state index in [1.165, 1.54) is 0 Å². The van der Waals surface area contributed by atoms with E-state index < -0.39 is 0 Å². The molecule has 2 N–H and O–H groups in total. The summed E-state index contributed by atoms with van der Waals surface area (Å²) in [4.78, 5) is 11.9. The van der Waals surface area contributed by atoms with Gasteiger partial charge >= 0.3 is 0 Å². The zero-order chi connectivity index (χ0) is 22.0. The minimum absolute atomic E-state index is 0.258. The predicted molar refractivity (Wildman–Crippen MR) is 121 cm³/mol. The Kier molecular flexibility index (Phi) is 8.52. The average molecular weight is 446 g/mol. The molecule has 2 aliphatic heterocycles. The third kappa shape index (κ3) is 6.78. The van der Waals surface area contributed by atoms with Crippen LogP contribution in [0.25, 0.3) is 0 Å². The van der Waals surface area contributed by atoms with Crippen molar-refractivity contribution >= 4 is 5.96 Å². The molecule has 4 rings (SSSR count). The van der Waals surface area contributed by atoms with Crippen molar-refractivity contribution in [3.8, 4) is 0 Å². The number of hydrogen-bond donors (Lipinski definition) is 2. The highest BCUT2D eigenvalue weighted by molar-refractivity contribution is 5.80. The zero-order valence-corrected chi connectivity index (χ0v) is 19.0. The van der Waals surface area contributed by atoms with Crippen LogP contribution in [-0.2, 0) is 35.5 Å². The maximum absolute atomic E-state index is 5.45. The number of nitrogens with one attached hydrogen (secondary N) is 2. The van der Waals surface area contributed by atoms with Crippen molar-refractivity contribution in [2.45, 2.75) is 44.9 Å². The van der Waals surface area contributed by atoms with Crippen molar-refractivity contribution in [3.05, 3.63) is 35.8 Å². The summed E-state index contributed by atoms with van der Waals surface area (Å²) in [7, 11) is 1.67. The SMILES string of the molecule is COCc1nc2n(n1)CC(NC(=NCCCN1CCOCC1)NCCc1ccco1)CC2. The van der Waals surface area contributed by atoms with Gasteiger partial charge in [-0.15, -0.1) is 0 Å². The first-order valence-electron chi connectivity index (χ1n) is 11.6. The van der Waals surface area contributed by atoms with Crippen LogP contribution in [0, 0.1) is 0 Å². The fourth-order valence-corrected chi connectivity index (χ4v) is 4.08. The lowest BCUT2D eigenvalue weighted by molar-refractivity contribution is 0.0377. The number of methoxy groups -OCH3 is 1. The Morgan fingerprint density at radius 2 is 2.25 bits per heavy atom. The molecule has 1 atom stereocenters. The van der Waals surface area contributed by atoms with Crippen molar-refractivity contribution in [1.82, 2.24) is 30.3 Å². The van der Waals surface area contributed by atoms with E-state index in [0.29, 0.717) is 6.61 Å². The van der Waals surface area contributed by atoms with E-state index >= 15 is 0 Å². The molecule has 2 aromatic rings. The normalized spacial score (nSPS) is 19.7. The Hall–Kier alpha value is -2.43. The molecule has 1 saturated heterocycles. The molecule has 2 aromatic heterocycles. The second-order valence-electron chi connectivity index (χ2n) is 8.23. The summed E-state index contributed by atoms with van der Waals surface area (Å²) in [6, 6.07) is 4.18. The molecule has 0 radical (unpaired) electrons. The number of guanidine groups is 1. The number of ether oxygens (including phenoxy) is 2. The van der Waals surface area contributed by atoms with Crippen molar-refractivity contribution in [2.24, 2.45) is 4.99 Å². The second-order valence-corrected chi connectivity index (χ2v) is 8.23. The van der Waals surface area contributed by atoms with Crippen molar-refractivity contribution in [3.63, 3.8) is 0 Å². The summed E-state index contributed by atoms with van der Waals surface area (Å²) in [5.41, 5.74) is 0. The van der Waals surface area contributed by atoms with Crippen molar-refractivity contribution in [2.75, 3.05) is 53.0 Å². The number of rotatable bonds is 10. The molecule has 176 valence electrons. The Balaban J connectivity index is 1.29. The number of aryl methyl sites for hydroxylation is 1. The van der Waals surface area contributed by atoms with E-state index in [4.69, 9.17) is 18.9 Å². The fourth-order valence-electron chi connectivity index (χ4n) is 4.08. The van der Waals surface area contributed by atoms with Gasteiger partial charge in [-0.1, -0.05) is 0 Å². The molecule has 1 unspecified atom stereocenters. The summed E-state index contributed by atoms with van der Waals surface area (Å²) >= 11 is 0. The van der Waals surface area contributed by atoms with Gasteiger partial charge in [-0.2, -0.15) is 5.10 Å². The molecule has 32 heavy (non-hydrogen) atoms. The highest BCUT2D eigenvalue weighted by Crippen LogP contribution is 2.13. The molecule has 0 saturated carbocycles. The Labute approximate surface area is 189 Å². The number of fused-ring (bicyclic) bond motifs is 1. The molecule has 2 aliphatic rings. The fraction of sp³-hybridized carbons (Fsp3) is 0.682. The first kappa shape index (κ1) is 22.8. The highest BCUT2D eigenvalue weighted by Gasteiger charge is 2.22. The van der Waals surface area contributed by atoms with Crippen molar-refractivity contribution in [1.29, 1.82) is 0 Å². The first-order chi connectivity index (χ1) is 15.8. The van der Waals surface area contributed by atoms with Crippen LogP contribution in [0.3, 0.4) is 0 Å². The average Bonchev–Trinajstić information content (AvgIpc) is 3.47. The number of furan rings is 1. The van der Waals surface area contributed by atoms with E-state index in [1.807, 2.05) is 16.8 Å². The Bertz CT molecular complexity index is 831. The topological polar surface area (TPSA) is 102 Å². The van der Waals surface area contributed by atoms with Gasteiger partial charge in [-0.3, -0.25) is 9.89 Å². The van der Waals surface area contributed by atoms with E-state index in [0.717, 1.165) is 102 Å². The van der Waals surface area contributed by atoms with Gasteiger partial charge in [0.15, 0.2) is 11.8 Å². The van der Waals surface area contributed by atoms with Crippen LogP contribution in [0.4, 0.5) is 0 Å². The minimum atomic E-state index is 0.258. The monoisotopic (exact) mass is 445 g/mol. The number of aromatic nitrogens is 3. The lowest BCUT2D eigenvalue weighted by Crippen LogP contribution is -2.47. The Morgan fingerprint density at radius 1 is 1.34 bits per heavy atom. The zero-order valence-electron chi connectivity index (χ0n) is 19.0. The summed E-state index contributed by atoms with van der Waals surface area (Å²) in [6.07, 6.45) is 5.45. The molecule has 0 aliphatic carbocycles. The van der Waals surface area contributed by atoms with Gasteiger partial charge in [0.2, 0.25) is 0 Å². The van der Waals surface area contributed by atoms with Crippen LogP contribution in [0.1, 0.15) is 30.3 Å². The maximum atomic E-state index is 5.45. The molecule has 10 heteroatoms. The van der Waals surface area contributed by atoms with E-state index in [2.05, 4.69) is 25.6 Å². The molecular formula is C22H35N7O3. The number of hydrogen-bond acceptors (Lipinski definition) is 7. The third-order valence-electron chi connectivity index (χ3n) is 5.77. The van der Waals surface area contributed by atoms with E-state index in [1.54, 1.807) is 13.4 Å². The summed E-state index contributed by atoms with van der Waals surface area (Å²) in [6.45, 7) is 7.54. The van der Waals surface area contributed by atoms with Crippen LogP contribution in [0.2, 0.25) is 0 Å². The molecule has 10 nitrogen and oxygen atoms in total. The molecule has 0 bridgehead atoms. The smallest absolute Gasteiger partial charge is 0.191 e. The van der Waals surface area contributed by atoms with Crippen LogP contribution in [0.5, 0.6) is 0 Å². The van der Waals surface area contributed by atoms with Gasteiger partial charge in [-0.25, -0.2) is 9.67 Å². The van der Waals surface area contributed by atoms with Gasteiger partial charge in [0, 0.05) is 58.7 Å². The third-order valence-corrected chi connectivity index (χ3v) is 5.77. The number of aliphatic imine (C=N–C) groups is 1. The van der Waals surface area contributed by atoms with E-state index in [-0.39, 0.29) is 6.04 Å². The predicted octanol–water partition coefficient (Wildman–Crippen LogP) is 0.833. The van der Waals surface area contributed by atoms with Gasteiger partial charge in [-0.05, 0) is 25.0 Å². The molecule has 0 spiro atoms. The summed E-state index contributed by atoms with van der Waals surface area (Å²) in [5.74, 6) is 3.60. The molecule has 0 amide bonds. The highest BCUT2D eigenvalue weighted by atomic mass is 16.5. The molecule has 1 fully saturated rings. The standard InChI is InChI=1S/C22H35N7O3/c1-30-17-20-26-21-6-5-18(16-29(21)27-20)25-22(24-9-7-19-4-2-13-32-19)23-8-3-10-28-11-14-31-15-12-28/h2,4,13,18H,3,5-12,14-17H2,1H3,(H2,23,24,25). The molecule has 4 heterocycles. The molecule has 0 aromatic carbocycles. The van der Waals surface area contributed by atoms with Gasteiger partial charge < -0.3 is 24.5 Å². The second kappa shape index (κ2) is 12.0.